The molecule has 1 aliphatic rings. The average Bonchev–Trinajstić information content (AvgIpc) is 2.86. The number of carboxylic acids is 1. The van der Waals surface area contributed by atoms with Gasteiger partial charge in [-0.25, -0.2) is 0 Å². The van der Waals surface area contributed by atoms with Crippen molar-refractivity contribution in [2.24, 2.45) is 5.92 Å². The Balaban J connectivity index is 2.07. The average molecular weight is 313 g/mol. The summed E-state index contributed by atoms with van der Waals surface area (Å²) in [7, 11) is 0. The number of carbonyl (C=O) groups is 2. The number of carboxylic acid groups (broad SMARTS) is 1. The lowest BCUT2D eigenvalue weighted by Gasteiger charge is -2.12. The number of nitro groups is 1. The van der Waals surface area contributed by atoms with E-state index in [9.17, 15) is 19.7 Å². The number of amides is 1. The maximum atomic E-state index is 12.1. The van der Waals surface area contributed by atoms with Crippen molar-refractivity contribution in [3.63, 3.8) is 0 Å². The Morgan fingerprint density at radius 3 is 2.62 bits per heavy atom. The Morgan fingerprint density at radius 1 is 1.33 bits per heavy atom. The first-order chi connectivity index (χ1) is 9.86. The molecule has 1 aliphatic carbocycles. The standard InChI is InChI=1S/C13H13ClN2O5/c14-9-3-8(5-11(6-9)16(20)21)12(17)15-10-2-1-7(4-10)13(18)19/h3,5-7,10H,1-2,4H2,(H,15,17)(H,18,19)/t7-,10+/m1/s1. The first kappa shape index (κ1) is 15.2. The lowest BCUT2D eigenvalue weighted by atomic mass is 10.1. The summed E-state index contributed by atoms with van der Waals surface area (Å²) in [5, 5.41) is 22.4. The molecule has 1 aromatic rings. The van der Waals surface area contributed by atoms with Gasteiger partial charge in [-0.1, -0.05) is 11.6 Å². The number of rotatable bonds is 4. The highest BCUT2D eigenvalue weighted by Gasteiger charge is 2.30. The van der Waals surface area contributed by atoms with Crippen molar-refractivity contribution in [2.75, 3.05) is 0 Å². The van der Waals surface area contributed by atoms with Crippen LogP contribution in [0.25, 0.3) is 0 Å². The van der Waals surface area contributed by atoms with E-state index >= 15 is 0 Å². The number of hydrogen-bond donors (Lipinski definition) is 2. The molecule has 1 aromatic carbocycles. The fourth-order valence-electron chi connectivity index (χ4n) is 2.42. The smallest absolute Gasteiger partial charge is 0.306 e. The van der Waals surface area contributed by atoms with Crippen LogP contribution in [0, 0.1) is 16.0 Å². The van der Waals surface area contributed by atoms with E-state index in [-0.39, 0.29) is 22.3 Å². The molecule has 2 atom stereocenters. The van der Waals surface area contributed by atoms with E-state index in [4.69, 9.17) is 16.7 Å². The monoisotopic (exact) mass is 312 g/mol. The zero-order valence-electron chi connectivity index (χ0n) is 10.9. The lowest BCUT2D eigenvalue weighted by molar-refractivity contribution is -0.384. The van der Waals surface area contributed by atoms with Crippen LogP contribution in [0.1, 0.15) is 29.6 Å². The SMILES string of the molecule is O=C(N[C@H]1CC[C@@H](C(=O)O)C1)c1cc(Cl)cc([N+](=O)[O-])c1. The highest BCUT2D eigenvalue weighted by atomic mass is 35.5. The van der Waals surface area contributed by atoms with Gasteiger partial charge in [-0.05, 0) is 25.3 Å². The molecule has 0 aliphatic heterocycles. The number of nitro benzene ring substituents is 1. The molecule has 1 fully saturated rings. The minimum absolute atomic E-state index is 0.0907. The minimum Gasteiger partial charge on any atom is -0.481 e. The zero-order valence-corrected chi connectivity index (χ0v) is 11.7. The summed E-state index contributed by atoms with van der Waals surface area (Å²) in [6, 6.07) is 3.41. The second-order valence-electron chi connectivity index (χ2n) is 4.97. The number of benzene rings is 1. The van der Waals surface area contributed by atoms with Crippen LogP contribution in [0.2, 0.25) is 5.02 Å². The maximum absolute atomic E-state index is 12.1. The molecule has 2 rings (SSSR count). The van der Waals surface area contributed by atoms with E-state index in [1.165, 1.54) is 6.07 Å². The highest BCUT2D eigenvalue weighted by Crippen LogP contribution is 2.26. The maximum Gasteiger partial charge on any atom is 0.306 e. The van der Waals surface area contributed by atoms with Crippen molar-refractivity contribution in [3.05, 3.63) is 38.9 Å². The molecule has 21 heavy (non-hydrogen) atoms. The van der Waals surface area contributed by atoms with Crippen LogP contribution < -0.4 is 5.32 Å². The van der Waals surface area contributed by atoms with Gasteiger partial charge in [0.15, 0.2) is 0 Å². The predicted octanol–water partition coefficient (Wildman–Crippen LogP) is 2.23. The predicted molar refractivity (Wildman–Crippen MR) is 74.3 cm³/mol. The van der Waals surface area contributed by atoms with Crippen molar-refractivity contribution >= 4 is 29.2 Å². The number of nitrogens with one attached hydrogen (secondary N) is 1. The molecule has 2 N–H and O–H groups in total. The molecule has 0 radical (unpaired) electrons. The van der Waals surface area contributed by atoms with Crippen LogP contribution in [0.5, 0.6) is 0 Å². The molecule has 0 aromatic heterocycles. The van der Waals surface area contributed by atoms with Gasteiger partial charge >= 0.3 is 5.97 Å². The molecule has 0 spiro atoms. The van der Waals surface area contributed by atoms with Gasteiger partial charge in [0.2, 0.25) is 0 Å². The Bertz CT molecular complexity index is 604. The summed E-state index contributed by atoms with van der Waals surface area (Å²) < 4.78 is 0. The largest absolute Gasteiger partial charge is 0.481 e. The third kappa shape index (κ3) is 3.69. The first-order valence-corrected chi connectivity index (χ1v) is 6.73. The Labute approximate surface area is 125 Å². The molecule has 0 bridgehead atoms. The van der Waals surface area contributed by atoms with Gasteiger partial charge in [-0.3, -0.25) is 19.7 Å². The zero-order chi connectivity index (χ0) is 15.6. The van der Waals surface area contributed by atoms with Crippen LogP contribution in [0.4, 0.5) is 5.69 Å². The topological polar surface area (TPSA) is 110 Å². The van der Waals surface area contributed by atoms with Gasteiger partial charge in [-0.15, -0.1) is 0 Å². The second-order valence-corrected chi connectivity index (χ2v) is 5.41. The van der Waals surface area contributed by atoms with E-state index in [1.807, 2.05) is 0 Å². The summed E-state index contributed by atoms with van der Waals surface area (Å²) >= 11 is 5.76. The van der Waals surface area contributed by atoms with Crippen LogP contribution in [0.15, 0.2) is 18.2 Å². The van der Waals surface area contributed by atoms with Crippen LogP contribution in [0.3, 0.4) is 0 Å². The number of carbonyl (C=O) groups excluding carboxylic acids is 1. The van der Waals surface area contributed by atoms with Crippen molar-refractivity contribution in [2.45, 2.75) is 25.3 Å². The fourth-order valence-corrected chi connectivity index (χ4v) is 2.65. The molecule has 0 saturated heterocycles. The van der Waals surface area contributed by atoms with Gasteiger partial charge in [0.25, 0.3) is 11.6 Å². The number of hydrogen-bond acceptors (Lipinski definition) is 4. The summed E-state index contributed by atoms with van der Waals surface area (Å²) in [6.07, 6.45) is 1.45. The van der Waals surface area contributed by atoms with E-state index in [1.54, 1.807) is 0 Å². The molecular formula is C13H13ClN2O5. The molecule has 7 nitrogen and oxygen atoms in total. The summed E-state index contributed by atoms with van der Waals surface area (Å²) in [5.74, 6) is -1.81. The lowest BCUT2D eigenvalue weighted by Crippen LogP contribution is -2.33. The number of halogens is 1. The van der Waals surface area contributed by atoms with Gasteiger partial charge in [0.05, 0.1) is 10.8 Å². The molecule has 1 saturated carbocycles. The van der Waals surface area contributed by atoms with Crippen molar-refractivity contribution in [1.82, 2.24) is 5.32 Å². The molecule has 1 amide bonds. The van der Waals surface area contributed by atoms with Crippen molar-refractivity contribution < 1.29 is 19.6 Å². The van der Waals surface area contributed by atoms with Crippen LogP contribution in [-0.2, 0) is 4.79 Å². The van der Waals surface area contributed by atoms with E-state index in [0.717, 1.165) is 12.1 Å². The summed E-state index contributed by atoms with van der Waals surface area (Å²) in [5.41, 5.74) is -0.171. The highest BCUT2D eigenvalue weighted by molar-refractivity contribution is 6.31. The molecule has 8 heteroatoms. The molecule has 0 unspecified atom stereocenters. The van der Waals surface area contributed by atoms with Crippen LogP contribution >= 0.6 is 11.6 Å². The summed E-state index contributed by atoms with van der Waals surface area (Å²) in [4.78, 5) is 33.0. The minimum atomic E-state index is -0.870. The molecule has 0 heterocycles. The number of aliphatic carboxylic acids is 1. The van der Waals surface area contributed by atoms with E-state index in [2.05, 4.69) is 5.32 Å². The summed E-state index contributed by atoms with van der Waals surface area (Å²) in [6.45, 7) is 0. The van der Waals surface area contributed by atoms with Gasteiger partial charge in [-0.2, -0.15) is 0 Å². The second kappa shape index (κ2) is 6.09. The normalized spacial score (nSPS) is 21.0. The Kier molecular flexibility index (Phi) is 4.42. The van der Waals surface area contributed by atoms with Crippen LogP contribution in [-0.4, -0.2) is 27.9 Å². The third-order valence-electron chi connectivity index (χ3n) is 3.47. The Hall–Kier alpha value is -2.15. The number of nitrogens with zero attached hydrogens (tertiary/aromatic N) is 1. The quantitative estimate of drug-likeness (QED) is 0.654. The van der Waals surface area contributed by atoms with Crippen molar-refractivity contribution in [3.8, 4) is 0 Å². The van der Waals surface area contributed by atoms with Gasteiger partial charge in [0.1, 0.15) is 0 Å². The van der Waals surface area contributed by atoms with E-state index < -0.39 is 22.7 Å². The van der Waals surface area contributed by atoms with Crippen molar-refractivity contribution in [1.29, 1.82) is 0 Å². The van der Waals surface area contributed by atoms with Gasteiger partial charge < -0.3 is 10.4 Å². The van der Waals surface area contributed by atoms with Gasteiger partial charge in [0, 0.05) is 28.8 Å². The first-order valence-electron chi connectivity index (χ1n) is 6.35. The Morgan fingerprint density at radius 2 is 2.05 bits per heavy atom. The fraction of sp³-hybridized carbons (Fsp3) is 0.385. The molecular weight excluding hydrogens is 300 g/mol. The molecule has 112 valence electrons. The number of non-ortho nitro benzene ring substituents is 1. The van der Waals surface area contributed by atoms with E-state index in [0.29, 0.717) is 19.3 Å². The third-order valence-corrected chi connectivity index (χ3v) is 3.69.